The SMILES string of the molecule is Cc1cccc(C2CNCC3(CCCCC3)CO2)c1. The lowest BCUT2D eigenvalue weighted by Crippen LogP contribution is -2.37. The van der Waals surface area contributed by atoms with Crippen molar-refractivity contribution in [3.05, 3.63) is 35.4 Å². The van der Waals surface area contributed by atoms with E-state index in [9.17, 15) is 0 Å². The Balaban J connectivity index is 1.70. The molecule has 1 aliphatic heterocycles. The van der Waals surface area contributed by atoms with Crippen LogP contribution in [0.1, 0.15) is 49.3 Å². The van der Waals surface area contributed by atoms with E-state index in [1.165, 1.54) is 43.2 Å². The van der Waals surface area contributed by atoms with E-state index >= 15 is 0 Å². The molecular formula is C17H25NO. The molecule has 1 saturated carbocycles. The molecule has 1 saturated heterocycles. The Morgan fingerprint density at radius 3 is 2.84 bits per heavy atom. The van der Waals surface area contributed by atoms with Gasteiger partial charge in [0, 0.05) is 18.5 Å². The summed E-state index contributed by atoms with van der Waals surface area (Å²) >= 11 is 0. The van der Waals surface area contributed by atoms with Gasteiger partial charge in [0.2, 0.25) is 0 Å². The number of aryl methyl sites for hydroxylation is 1. The van der Waals surface area contributed by atoms with E-state index in [1.807, 2.05) is 0 Å². The average Bonchev–Trinajstić information content (AvgIpc) is 2.63. The molecule has 19 heavy (non-hydrogen) atoms. The van der Waals surface area contributed by atoms with Crippen LogP contribution < -0.4 is 5.32 Å². The fraction of sp³-hybridized carbons (Fsp3) is 0.647. The summed E-state index contributed by atoms with van der Waals surface area (Å²) < 4.78 is 6.27. The van der Waals surface area contributed by atoms with Gasteiger partial charge < -0.3 is 10.1 Å². The summed E-state index contributed by atoms with van der Waals surface area (Å²) in [4.78, 5) is 0. The van der Waals surface area contributed by atoms with Gasteiger partial charge in [0.05, 0.1) is 12.7 Å². The molecule has 2 heteroatoms. The molecule has 1 unspecified atom stereocenters. The number of rotatable bonds is 1. The van der Waals surface area contributed by atoms with Crippen molar-refractivity contribution in [1.29, 1.82) is 0 Å². The zero-order valence-corrected chi connectivity index (χ0v) is 12.0. The van der Waals surface area contributed by atoms with Crippen molar-refractivity contribution in [1.82, 2.24) is 5.32 Å². The smallest absolute Gasteiger partial charge is 0.0949 e. The molecule has 2 nitrogen and oxygen atoms in total. The standard InChI is InChI=1S/C17H25NO/c1-14-6-5-7-15(10-14)16-11-18-12-17(13-19-16)8-3-2-4-9-17/h5-7,10,16,18H,2-4,8-9,11-13H2,1H3. The topological polar surface area (TPSA) is 21.3 Å². The second kappa shape index (κ2) is 5.64. The lowest BCUT2D eigenvalue weighted by atomic mass is 9.74. The van der Waals surface area contributed by atoms with Crippen molar-refractivity contribution in [3.8, 4) is 0 Å². The number of nitrogens with one attached hydrogen (secondary N) is 1. The number of hydrogen-bond acceptors (Lipinski definition) is 2. The normalized spacial score (nSPS) is 27.1. The summed E-state index contributed by atoms with van der Waals surface area (Å²) in [5, 5.41) is 3.65. The quantitative estimate of drug-likeness (QED) is 0.832. The van der Waals surface area contributed by atoms with Crippen LogP contribution in [0.3, 0.4) is 0 Å². The highest BCUT2D eigenvalue weighted by Crippen LogP contribution is 2.38. The van der Waals surface area contributed by atoms with Crippen molar-refractivity contribution in [2.75, 3.05) is 19.7 Å². The van der Waals surface area contributed by atoms with E-state index in [2.05, 4.69) is 36.5 Å². The van der Waals surface area contributed by atoms with Crippen LogP contribution in [0.15, 0.2) is 24.3 Å². The van der Waals surface area contributed by atoms with Gasteiger partial charge in [-0.2, -0.15) is 0 Å². The Kier molecular flexibility index (Phi) is 3.90. The average molecular weight is 259 g/mol. The molecular weight excluding hydrogens is 234 g/mol. The molecule has 1 aliphatic carbocycles. The Labute approximate surface area is 116 Å². The highest BCUT2D eigenvalue weighted by Gasteiger charge is 2.35. The molecule has 2 aliphatic rings. The molecule has 1 heterocycles. The third-order valence-corrected chi connectivity index (χ3v) is 4.75. The van der Waals surface area contributed by atoms with Gasteiger partial charge in [-0.15, -0.1) is 0 Å². The van der Waals surface area contributed by atoms with Gasteiger partial charge in [-0.3, -0.25) is 0 Å². The highest BCUT2D eigenvalue weighted by atomic mass is 16.5. The van der Waals surface area contributed by atoms with Gasteiger partial charge in [0.1, 0.15) is 0 Å². The van der Waals surface area contributed by atoms with Crippen molar-refractivity contribution in [2.24, 2.45) is 5.41 Å². The fourth-order valence-electron chi connectivity index (χ4n) is 3.56. The molecule has 2 fully saturated rings. The van der Waals surface area contributed by atoms with Crippen molar-refractivity contribution >= 4 is 0 Å². The van der Waals surface area contributed by atoms with Gasteiger partial charge in [-0.1, -0.05) is 49.1 Å². The Morgan fingerprint density at radius 1 is 1.21 bits per heavy atom. The lowest BCUT2D eigenvalue weighted by Gasteiger charge is -2.35. The molecule has 104 valence electrons. The first-order valence-electron chi connectivity index (χ1n) is 7.66. The van der Waals surface area contributed by atoms with Crippen LogP contribution in [0.5, 0.6) is 0 Å². The zero-order valence-electron chi connectivity index (χ0n) is 12.0. The minimum atomic E-state index is 0.223. The van der Waals surface area contributed by atoms with E-state index in [0.29, 0.717) is 5.41 Å². The van der Waals surface area contributed by atoms with Crippen molar-refractivity contribution in [3.63, 3.8) is 0 Å². The second-order valence-electron chi connectivity index (χ2n) is 6.41. The Hall–Kier alpha value is -0.860. The molecule has 1 N–H and O–H groups in total. The summed E-state index contributed by atoms with van der Waals surface area (Å²) in [7, 11) is 0. The van der Waals surface area contributed by atoms with Crippen LogP contribution in [-0.4, -0.2) is 19.7 Å². The summed E-state index contributed by atoms with van der Waals surface area (Å²) in [6.45, 7) is 5.16. The molecule has 0 aromatic heterocycles. The Bertz CT molecular complexity index is 423. The lowest BCUT2D eigenvalue weighted by molar-refractivity contribution is -0.00142. The summed E-state index contributed by atoms with van der Waals surface area (Å²) in [6.07, 6.45) is 7.05. The number of ether oxygens (including phenoxy) is 1. The largest absolute Gasteiger partial charge is 0.372 e. The van der Waals surface area contributed by atoms with Crippen LogP contribution in [0.25, 0.3) is 0 Å². The van der Waals surface area contributed by atoms with E-state index in [0.717, 1.165) is 19.7 Å². The summed E-state index contributed by atoms with van der Waals surface area (Å²) in [5.74, 6) is 0. The highest BCUT2D eigenvalue weighted by molar-refractivity contribution is 5.24. The minimum absolute atomic E-state index is 0.223. The van der Waals surface area contributed by atoms with Crippen molar-refractivity contribution in [2.45, 2.75) is 45.1 Å². The van der Waals surface area contributed by atoms with E-state index in [4.69, 9.17) is 4.74 Å². The molecule has 1 atom stereocenters. The molecule has 1 aromatic carbocycles. The predicted molar refractivity (Wildman–Crippen MR) is 78.3 cm³/mol. The number of hydrogen-bond donors (Lipinski definition) is 1. The first kappa shape index (κ1) is 13.1. The van der Waals surface area contributed by atoms with Gasteiger partial charge in [-0.25, -0.2) is 0 Å². The maximum absolute atomic E-state index is 6.27. The second-order valence-corrected chi connectivity index (χ2v) is 6.41. The maximum Gasteiger partial charge on any atom is 0.0949 e. The van der Waals surface area contributed by atoms with Gasteiger partial charge in [-0.05, 0) is 25.3 Å². The molecule has 3 rings (SSSR count). The molecule has 1 spiro atoms. The molecule has 0 amide bonds. The minimum Gasteiger partial charge on any atom is -0.372 e. The first-order valence-corrected chi connectivity index (χ1v) is 7.66. The summed E-state index contributed by atoms with van der Waals surface area (Å²) in [6, 6.07) is 8.73. The third-order valence-electron chi connectivity index (χ3n) is 4.75. The molecule has 0 bridgehead atoms. The van der Waals surface area contributed by atoms with Crippen molar-refractivity contribution < 1.29 is 4.74 Å². The van der Waals surface area contributed by atoms with Crippen LogP contribution in [0, 0.1) is 12.3 Å². The summed E-state index contributed by atoms with van der Waals surface area (Å²) in [5.41, 5.74) is 3.05. The van der Waals surface area contributed by atoms with E-state index < -0.39 is 0 Å². The van der Waals surface area contributed by atoms with Crippen LogP contribution >= 0.6 is 0 Å². The zero-order chi connectivity index (χ0) is 13.1. The number of benzene rings is 1. The van der Waals surface area contributed by atoms with Crippen LogP contribution in [-0.2, 0) is 4.74 Å². The molecule has 1 aromatic rings. The van der Waals surface area contributed by atoms with Gasteiger partial charge >= 0.3 is 0 Å². The van der Waals surface area contributed by atoms with E-state index in [-0.39, 0.29) is 6.10 Å². The molecule has 0 radical (unpaired) electrons. The van der Waals surface area contributed by atoms with Gasteiger partial charge in [0.25, 0.3) is 0 Å². The third kappa shape index (κ3) is 3.01. The van der Waals surface area contributed by atoms with Crippen LogP contribution in [0.4, 0.5) is 0 Å². The van der Waals surface area contributed by atoms with Gasteiger partial charge in [0.15, 0.2) is 0 Å². The Morgan fingerprint density at radius 2 is 2.05 bits per heavy atom. The monoisotopic (exact) mass is 259 g/mol. The van der Waals surface area contributed by atoms with Crippen LogP contribution in [0.2, 0.25) is 0 Å². The van der Waals surface area contributed by atoms with E-state index in [1.54, 1.807) is 0 Å². The maximum atomic E-state index is 6.27. The fourth-order valence-corrected chi connectivity index (χ4v) is 3.56. The first-order chi connectivity index (χ1) is 9.27. The predicted octanol–water partition coefficient (Wildman–Crippen LogP) is 3.61.